The Balaban J connectivity index is 0.00000196. The van der Waals surface area contributed by atoms with E-state index in [4.69, 9.17) is 21.7 Å². The normalized spacial score (nSPS) is 11.5. The molecule has 1 rings (SSSR count). The third kappa shape index (κ3) is 3.65. The Morgan fingerprint density at radius 1 is 1.47 bits per heavy atom. The third-order valence-corrected chi connectivity index (χ3v) is 1.86. The Kier molecular flexibility index (Phi) is 4.90. The minimum atomic E-state index is -1.06. The molecular weight excluding hydrogens is 220 g/mol. The van der Waals surface area contributed by atoms with E-state index in [9.17, 15) is 4.79 Å². The van der Waals surface area contributed by atoms with Crippen molar-refractivity contribution in [1.29, 1.82) is 0 Å². The van der Waals surface area contributed by atoms with Gasteiger partial charge in [-0.3, -0.25) is 4.79 Å². The molecule has 0 aromatic heterocycles. The molecule has 0 saturated heterocycles. The van der Waals surface area contributed by atoms with Crippen LogP contribution >= 0.6 is 12.4 Å². The minimum absolute atomic E-state index is 0. The number of phenols is 1. The van der Waals surface area contributed by atoms with Crippen LogP contribution in [-0.4, -0.2) is 22.2 Å². The highest BCUT2D eigenvalue weighted by Gasteiger charge is 2.12. The lowest BCUT2D eigenvalue weighted by atomic mass is 10.1. The molecule has 0 fully saturated rings. The summed E-state index contributed by atoms with van der Waals surface area (Å²) in [5, 5.41) is 17.7. The van der Waals surface area contributed by atoms with Crippen LogP contribution in [0, 0.1) is 0 Å². The van der Waals surface area contributed by atoms with E-state index in [0.717, 1.165) is 0 Å². The van der Waals surface area contributed by atoms with E-state index >= 15 is 0 Å². The highest BCUT2D eigenvalue weighted by atomic mass is 35.5. The highest BCUT2D eigenvalue weighted by Crippen LogP contribution is 2.20. The van der Waals surface area contributed by atoms with Crippen LogP contribution in [-0.2, 0) is 11.2 Å². The molecule has 6 N–H and O–H groups in total. The molecule has 0 saturated carbocycles. The van der Waals surface area contributed by atoms with Crippen molar-refractivity contribution in [2.75, 3.05) is 5.73 Å². The SMILES string of the molecule is Cl.Nc1cc(CC(N)C(=O)O)ccc1O. The summed E-state index contributed by atoms with van der Waals surface area (Å²) in [5.41, 5.74) is 11.7. The van der Waals surface area contributed by atoms with Crippen LogP contribution in [0.15, 0.2) is 18.2 Å². The van der Waals surface area contributed by atoms with E-state index < -0.39 is 12.0 Å². The van der Waals surface area contributed by atoms with E-state index in [0.29, 0.717) is 5.56 Å². The maximum atomic E-state index is 10.4. The zero-order valence-corrected chi connectivity index (χ0v) is 8.70. The predicted octanol–water partition coefficient (Wildman–Crippen LogP) is 0.351. The van der Waals surface area contributed by atoms with E-state index in [1.807, 2.05) is 0 Å². The summed E-state index contributed by atoms with van der Waals surface area (Å²) < 4.78 is 0. The van der Waals surface area contributed by atoms with Gasteiger partial charge in [-0.1, -0.05) is 6.07 Å². The van der Waals surface area contributed by atoms with Gasteiger partial charge in [-0.25, -0.2) is 0 Å². The number of hydrogen-bond donors (Lipinski definition) is 4. The minimum Gasteiger partial charge on any atom is -0.506 e. The first-order chi connectivity index (χ1) is 6.50. The zero-order chi connectivity index (χ0) is 10.7. The third-order valence-electron chi connectivity index (χ3n) is 1.86. The quantitative estimate of drug-likeness (QED) is 0.444. The Morgan fingerprint density at radius 3 is 2.53 bits per heavy atom. The number of hydrogen-bond acceptors (Lipinski definition) is 4. The van der Waals surface area contributed by atoms with Crippen LogP contribution in [0.3, 0.4) is 0 Å². The molecule has 0 amide bonds. The number of carbonyl (C=O) groups is 1. The van der Waals surface area contributed by atoms with Gasteiger partial charge in [0.15, 0.2) is 0 Å². The average Bonchev–Trinajstić information content (AvgIpc) is 2.11. The van der Waals surface area contributed by atoms with Crippen LogP contribution in [0.2, 0.25) is 0 Å². The molecule has 1 aromatic carbocycles. The molecule has 0 aliphatic carbocycles. The molecule has 0 spiro atoms. The fourth-order valence-electron chi connectivity index (χ4n) is 1.07. The number of carboxylic acid groups (broad SMARTS) is 1. The van der Waals surface area contributed by atoms with Gasteiger partial charge in [-0.05, 0) is 24.1 Å². The van der Waals surface area contributed by atoms with Crippen LogP contribution in [0.4, 0.5) is 5.69 Å². The molecule has 0 radical (unpaired) electrons. The molecule has 1 aromatic rings. The number of benzene rings is 1. The van der Waals surface area contributed by atoms with Crippen molar-refractivity contribution in [1.82, 2.24) is 0 Å². The second-order valence-electron chi connectivity index (χ2n) is 3.04. The molecule has 6 heteroatoms. The van der Waals surface area contributed by atoms with Crippen molar-refractivity contribution in [2.45, 2.75) is 12.5 Å². The van der Waals surface area contributed by atoms with Crippen LogP contribution in [0.5, 0.6) is 5.75 Å². The Hall–Kier alpha value is -1.46. The fraction of sp³-hybridized carbons (Fsp3) is 0.222. The molecule has 1 unspecified atom stereocenters. The first kappa shape index (κ1) is 13.5. The van der Waals surface area contributed by atoms with Crippen molar-refractivity contribution in [2.24, 2.45) is 5.73 Å². The van der Waals surface area contributed by atoms with Gasteiger partial charge in [-0.2, -0.15) is 0 Å². The lowest BCUT2D eigenvalue weighted by molar-refractivity contribution is -0.138. The van der Waals surface area contributed by atoms with Crippen molar-refractivity contribution in [3.63, 3.8) is 0 Å². The van der Waals surface area contributed by atoms with Crippen molar-refractivity contribution in [3.05, 3.63) is 23.8 Å². The zero-order valence-electron chi connectivity index (χ0n) is 7.88. The number of nitrogens with two attached hydrogens (primary N) is 2. The maximum absolute atomic E-state index is 10.4. The number of aromatic hydroxyl groups is 1. The first-order valence-corrected chi connectivity index (χ1v) is 4.06. The molecule has 1 atom stereocenters. The largest absolute Gasteiger partial charge is 0.506 e. The Morgan fingerprint density at radius 2 is 2.07 bits per heavy atom. The van der Waals surface area contributed by atoms with Crippen molar-refractivity contribution in [3.8, 4) is 5.75 Å². The van der Waals surface area contributed by atoms with E-state index in [1.54, 1.807) is 6.07 Å². The summed E-state index contributed by atoms with van der Waals surface area (Å²) in [7, 11) is 0. The van der Waals surface area contributed by atoms with Gasteiger partial charge in [0.2, 0.25) is 0 Å². The standard InChI is InChI=1S/C9H12N2O3.ClH/c10-6-3-5(1-2-8(6)12)4-7(11)9(13)14;/h1-3,7,12H,4,10-11H2,(H,13,14);1H. The molecule has 0 bridgehead atoms. The molecule has 0 aliphatic rings. The smallest absolute Gasteiger partial charge is 0.320 e. The van der Waals surface area contributed by atoms with Gasteiger partial charge in [0, 0.05) is 0 Å². The van der Waals surface area contributed by atoms with Gasteiger partial charge in [0.1, 0.15) is 11.8 Å². The fourth-order valence-corrected chi connectivity index (χ4v) is 1.07. The molecule has 0 aliphatic heterocycles. The van der Waals surface area contributed by atoms with Crippen LogP contribution < -0.4 is 11.5 Å². The van der Waals surface area contributed by atoms with Crippen LogP contribution in [0.25, 0.3) is 0 Å². The number of phenolic OH excluding ortho intramolecular Hbond substituents is 1. The summed E-state index contributed by atoms with van der Waals surface area (Å²) in [6, 6.07) is 3.57. The molecule has 84 valence electrons. The van der Waals surface area contributed by atoms with Crippen LogP contribution in [0.1, 0.15) is 5.56 Å². The second kappa shape index (κ2) is 5.43. The lowest BCUT2D eigenvalue weighted by Crippen LogP contribution is -2.32. The van der Waals surface area contributed by atoms with Gasteiger partial charge >= 0.3 is 5.97 Å². The van der Waals surface area contributed by atoms with E-state index in [-0.39, 0.29) is 30.3 Å². The van der Waals surface area contributed by atoms with Gasteiger partial charge in [-0.15, -0.1) is 12.4 Å². The number of anilines is 1. The highest BCUT2D eigenvalue weighted by molar-refractivity contribution is 5.85. The summed E-state index contributed by atoms with van der Waals surface area (Å²) >= 11 is 0. The van der Waals surface area contributed by atoms with Crippen molar-refractivity contribution < 1.29 is 15.0 Å². The monoisotopic (exact) mass is 232 g/mol. The molecular formula is C9H13ClN2O3. The summed E-state index contributed by atoms with van der Waals surface area (Å²) in [6.07, 6.45) is 0.194. The van der Waals surface area contributed by atoms with E-state index in [2.05, 4.69) is 0 Å². The summed E-state index contributed by atoms with van der Waals surface area (Å²) in [4.78, 5) is 10.4. The second-order valence-corrected chi connectivity index (χ2v) is 3.04. The summed E-state index contributed by atoms with van der Waals surface area (Å²) in [5.74, 6) is -1.07. The molecule has 0 heterocycles. The first-order valence-electron chi connectivity index (χ1n) is 4.06. The Labute approximate surface area is 93.1 Å². The number of carboxylic acids is 1. The van der Waals surface area contributed by atoms with E-state index in [1.165, 1.54) is 12.1 Å². The van der Waals surface area contributed by atoms with Gasteiger partial charge in [0.25, 0.3) is 0 Å². The topological polar surface area (TPSA) is 110 Å². The van der Waals surface area contributed by atoms with Gasteiger partial charge < -0.3 is 21.7 Å². The number of aliphatic carboxylic acids is 1. The summed E-state index contributed by atoms with van der Waals surface area (Å²) in [6.45, 7) is 0. The maximum Gasteiger partial charge on any atom is 0.320 e. The predicted molar refractivity (Wildman–Crippen MR) is 59.1 cm³/mol. The number of rotatable bonds is 3. The number of halogens is 1. The van der Waals surface area contributed by atoms with Crippen molar-refractivity contribution >= 4 is 24.1 Å². The Bertz CT molecular complexity index is 357. The molecule has 15 heavy (non-hydrogen) atoms. The lowest BCUT2D eigenvalue weighted by Gasteiger charge is -2.07. The average molecular weight is 233 g/mol. The van der Waals surface area contributed by atoms with Gasteiger partial charge in [0.05, 0.1) is 5.69 Å². The number of nitrogen functional groups attached to an aromatic ring is 1. The molecule has 5 nitrogen and oxygen atoms in total.